The number of pyridine rings is 1. The van der Waals surface area contributed by atoms with Crippen molar-refractivity contribution in [2.75, 3.05) is 5.73 Å². The SMILES string of the molecule is Cc1ccc(SCc2noc(-c3ncccc3N)n2)cc1. The van der Waals surface area contributed by atoms with Crippen molar-refractivity contribution < 1.29 is 4.52 Å². The summed E-state index contributed by atoms with van der Waals surface area (Å²) >= 11 is 1.66. The van der Waals surface area contributed by atoms with E-state index in [1.165, 1.54) is 10.5 Å². The molecule has 0 radical (unpaired) electrons. The number of nitrogens with two attached hydrogens (primary N) is 1. The summed E-state index contributed by atoms with van der Waals surface area (Å²) in [6, 6.07) is 11.9. The third-order valence-corrected chi connectivity index (χ3v) is 3.91. The standard InChI is InChI=1S/C15H14N4OS/c1-10-4-6-11(7-5-10)21-9-13-18-15(20-19-13)14-12(16)3-2-8-17-14/h2-8H,9,16H2,1H3. The normalized spacial score (nSPS) is 10.7. The van der Waals surface area contributed by atoms with E-state index in [4.69, 9.17) is 10.3 Å². The lowest BCUT2D eigenvalue weighted by atomic mass is 10.2. The molecule has 2 N–H and O–H groups in total. The summed E-state index contributed by atoms with van der Waals surface area (Å²) in [4.78, 5) is 9.67. The first-order valence-corrected chi connectivity index (χ1v) is 7.44. The number of anilines is 1. The molecule has 0 atom stereocenters. The Kier molecular flexibility index (Phi) is 3.87. The highest BCUT2D eigenvalue weighted by molar-refractivity contribution is 7.98. The second kappa shape index (κ2) is 5.97. The Hall–Kier alpha value is -2.34. The molecule has 2 aromatic heterocycles. The molecule has 0 fully saturated rings. The van der Waals surface area contributed by atoms with Crippen LogP contribution in [0.1, 0.15) is 11.4 Å². The Labute approximate surface area is 126 Å². The van der Waals surface area contributed by atoms with Gasteiger partial charge in [-0.2, -0.15) is 4.98 Å². The van der Waals surface area contributed by atoms with Gasteiger partial charge in [-0.15, -0.1) is 11.8 Å². The highest BCUT2D eigenvalue weighted by Gasteiger charge is 2.12. The highest BCUT2D eigenvalue weighted by atomic mass is 32.2. The van der Waals surface area contributed by atoms with E-state index >= 15 is 0 Å². The van der Waals surface area contributed by atoms with Gasteiger partial charge < -0.3 is 10.3 Å². The van der Waals surface area contributed by atoms with Gasteiger partial charge >= 0.3 is 0 Å². The molecule has 2 heterocycles. The molecule has 0 saturated heterocycles. The van der Waals surface area contributed by atoms with Crippen LogP contribution < -0.4 is 5.73 Å². The Morgan fingerprint density at radius 3 is 2.76 bits per heavy atom. The van der Waals surface area contributed by atoms with Crippen molar-refractivity contribution in [3.63, 3.8) is 0 Å². The van der Waals surface area contributed by atoms with E-state index in [1.54, 1.807) is 30.1 Å². The zero-order valence-corrected chi connectivity index (χ0v) is 12.3. The van der Waals surface area contributed by atoms with Crippen LogP contribution in [0.5, 0.6) is 0 Å². The minimum absolute atomic E-state index is 0.354. The van der Waals surface area contributed by atoms with Gasteiger partial charge in [0.1, 0.15) is 0 Å². The molecule has 5 nitrogen and oxygen atoms in total. The molecule has 3 rings (SSSR count). The lowest BCUT2D eigenvalue weighted by Gasteiger charge is -1.98. The van der Waals surface area contributed by atoms with Gasteiger partial charge in [0.25, 0.3) is 5.89 Å². The molecule has 0 saturated carbocycles. The molecule has 106 valence electrons. The van der Waals surface area contributed by atoms with Crippen LogP contribution in [0.25, 0.3) is 11.6 Å². The van der Waals surface area contributed by atoms with E-state index in [9.17, 15) is 0 Å². The Morgan fingerprint density at radius 2 is 2.00 bits per heavy atom. The average Bonchev–Trinajstić information content (AvgIpc) is 2.96. The molecule has 6 heteroatoms. The molecule has 0 amide bonds. The first-order chi connectivity index (χ1) is 10.2. The van der Waals surface area contributed by atoms with E-state index in [0.29, 0.717) is 28.8 Å². The van der Waals surface area contributed by atoms with Crippen molar-refractivity contribution in [1.82, 2.24) is 15.1 Å². The topological polar surface area (TPSA) is 77.8 Å². The van der Waals surface area contributed by atoms with Gasteiger partial charge in [0.15, 0.2) is 11.5 Å². The van der Waals surface area contributed by atoms with Gasteiger partial charge in [0.2, 0.25) is 0 Å². The Balaban J connectivity index is 1.71. The molecule has 0 unspecified atom stereocenters. The monoisotopic (exact) mass is 298 g/mol. The number of thioether (sulfide) groups is 1. The summed E-state index contributed by atoms with van der Waals surface area (Å²) < 4.78 is 5.22. The highest BCUT2D eigenvalue weighted by Crippen LogP contribution is 2.25. The largest absolute Gasteiger partial charge is 0.397 e. The minimum atomic E-state index is 0.354. The molecule has 1 aromatic carbocycles. The maximum Gasteiger partial charge on any atom is 0.278 e. The zero-order chi connectivity index (χ0) is 14.7. The van der Waals surface area contributed by atoms with Crippen LogP contribution in [0.4, 0.5) is 5.69 Å². The third kappa shape index (κ3) is 3.22. The number of hydrogen-bond donors (Lipinski definition) is 1. The van der Waals surface area contributed by atoms with Gasteiger partial charge in [0, 0.05) is 11.1 Å². The predicted octanol–water partition coefficient (Wildman–Crippen LogP) is 3.31. The van der Waals surface area contributed by atoms with Gasteiger partial charge in [-0.3, -0.25) is 0 Å². The Morgan fingerprint density at radius 1 is 1.19 bits per heavy atom. The zero-order valence-electron chi connectivity index (χ0n) is 11.5. The van der Waals surface area contributed by atoms with Crippen LogP contribution in [-0.4, -0.2) is 15.1 Å². The summed E-state index contributed by atoms with van der Waals surface area (Å²) in [7, 11) is 0. The van der Waals surface area contributed by atoms with Crippen LogP contribution in [-0.2, 0) is 5.75 Å². The maximum atomic E-state index is 5.85. The summed E-state index contributed by atoms with van der Waals surface area (Å²) in [6.07, 6.45) is 1.65. The molecule has 0 aliphatic rings. The molecule has 0 aliphatic carbocycles. The average molecular weight is 298 g/mol. The molecule has 21 heavy (non-hydrogen) atoms. The van der Waals surface area contributed by atoms with Crippen molar-refractivity contribution in [2.24, 2.45) is 0 Å². The van der Waals surface area contributed by atoms with Gasteiger partial charge in [-0.1, -0.05) is 22.9 Å². The summed E-state index contributed by atoms with van der Waals surface area (Å²) in [5.74, 6) is 1.62. The molecule has 0 spiro atoms. The van der Waals surface area contributed by atoms with E-state index in [-0.39, 0.29) is 0 Å². The lowest BCUT2D eigenvalue weighted by molar-refractivity contribution is 0.424. The first-order valence-electron chi connectivity index (χ1n) is 6.45. The number of benzene rings is 1. The second-order valence-corrected chi connectivity index (χ2v) is 5.61. The number of aromatic nitrogens is 3. The first kappa shape index (κ1) is 13.6. The van der Waals surface area contributed by atoms with E-state index in [2.05, 4.69) is 46.3 Å². The molecule has 3 aromatic rings. The second-order valence-electron chi connectivity index (χ2n) is 4.56. The summed E-state index contributed by atoms with van der Waals surface area (Å²) in [5.41, 5.74) is 8.14. The van der Waals surface area contributed by atoms with Gasteiger partial charge in [-0.05, 0) is 31.2 Å². The number of aryl methyl sites for hydroxylation is 1. The smallest absolute Gasteiger partial charge is 0.278 e. The van der Waals surface area contributed by atoms with Crippen LogP contribution in [0.3, 0.4) is 0 Å². The van der Waals surface area contributed by atoms with Crippen molar-refractivity contribution in [2.45, 2.75) is 17.6 Å². The van der Waals surface area contributed by atoms with Crippen LogP contribution in [0.2, 0.25) is 0 Å². The predicted molar refractivity (Wildman–Crippen MR) is 82.7 cm³/mol. The minimum Gasteiger partial charge on any atom is -0.397 e. The number of nitrogen functional groups attached to an aromatic ring is 1. The fraction of sp³-hybridized carbons (Fsp3) is 0.133. The fourth-order valence-electron chi connectivity index (χ4n) is 1.79. The molecule has 0 aliphatic heterocycles. The quantitative estimate of drug-likeness (QED) is 0.744. The molecular formula is C15H14N4OS. The van der Waals surface area contributed by atoms with E-state index in [1.807, 2.05) is 0 Å². The number of rotatable bonds is 4. The van der Waals surface area contributed by atoms with Gasteiger partial charge in [0.05, 0.1) is 11.4 Å². The fourth-order valence-corrected chi connectivity index (χ4v) is 2.53. The van der Waals surface area contributed by atoms with Crippen LogP contribution in [0.15, 0.2) is 52.0 Å². The summed E-state index contributed by atoms with van der Waals surface area (Å²) in [5, 5.41) is 3.96. The Bertz CT molecular complexity index is 739. The number of nitrogens with zero attached hydrogens (tertiary/aromatic N) is 3. The summed E-state index contributed by atoms with van der Waals surface area (Å²) in [6.45, 7) is 2.07. The van der Waals surface area contributed by atoms with Crippen molar-refractivity contribution in [3.05, 3.63) is 54.0 Å². The van der Waals surface area contributed by atoms with Crippen LogP contribution >= 0.6 is 11.8 Å². The van der Waals surface area contributed by atoms with Crippen molar-refractivity contribution in [3.8, 4) is 11.6 Å². The third-order valence-electron chi connectivity index (χ3n) is 2.90. The van der Waals surface area contributed by atoms with E-state index < -0.39 is 0 Å². The van der Waals surface area contributed by atoms with E-state index in [0.717, 1.165) is 0 Å². The maximum absolute atomic E-state index is 5.85. The molecule has 0 bridgehead atoms. The van der Waals surface area contributed by atoms with Gasteiger partial charge in [-0.25, -0.2) is 4.98 Å². The lowest BCUT2D eigenvalue weighted by Crippen LogP contribution is -1.92. The molecular weight excluding hydrogens is 284 g/mol. The van der Waals surface area contributed by atoms with Crippen molar-refractivity contribution in [1.29, 1.82) is 0 Å². The van der Waals surface area contributed by atoms with Crippen LogP contribution in [0, 0.1) is 6.92 Å². The van der Waals surface area contributed by atoms with Crippen molar-refractivity contribution >= 4 is 17.4 Å². The number of hydrogen-bond acceptors (Lipinski definition) is 6.